The quantitative estimate of drug-likeness (QED) is 0.697. The standard InChI is InChI=1S/C19H26N4O3/c1-25-10-11-26-17-6-2-4-15(12-17)13-22-16-5-3-9-23(14-16)18-19(24)21-8-7-20-18/h2,4,6-8,12,16,22H,3,5,9-11,13-14H2,1H3,(H,21,24). The molecule has 0 saturated carbocycles. The Morgan fingerprint density at radius 1 is 1.38 bits per heavy atom. The average molecular weight is 358 g/mol. The van der Waals surface area contributed by atoms with E-state index in [0.29, 0.717) is 25.1 Å². The van der Waals surface area contributed by atoms with Crippen LogP contribution < -0.4 is 20.5 Å². The molecular weight excluding hydrogens is 332 g/mol. The van der Waals surface area contributed by atoms with Gasteiger partial charge < -0.3 is 24.7 Å². The van der Waals surface area contributed by atoms with Crippen molar-refractivity contribution >= 4 is 5.82 Å². The lowest BCUT2D eigenvalue weighted by Crippen LogP contribution is -2.47. The third kappa shape index (κ3) is 5.06. The maximum atomic E-state index is 11.9. The summed E-state index contributed by atoms with van der Waals surface area (Å²) in [7, 11) is 1.66. The van der Waals surface area contributed by atoms with Crippen LogP contribution in [0.15, 0.2) is 41.5 Å². The Bertz CT molecular complexity index is 749. The van der Waals surface area contributed by atoms with E-state index in [0.717, 1.165) is 38.2 Å². The van der Waals surface area contributed by atoms with Gasteiger partial charge in [0.2, 0.25) is 0 Å². The predicted octanol–water partition coefficient (Wildman–Crippen LogP) is 1.55. The molecule has 1 aliphatic rings. The van der Waals surface area contributed by atoms with Gasteiger partial charge in [0.25, 0.3) is 5.56 Å². The van der Waals surface area contributed by atoms with Crippen molar-refractivity contribution in [2.75, 3.05) is 38.3 Å². The summed E-state index contributed by atoms with van der Waals surface area (Å²) in [6.45, 7) is 3.53. The number of aromatic nitrogens is 2. The van der Waals surface area contributed by atoms with Crippen LogP contribution in [0.4, 0.5) is 5.82 Å². The number of anilines is 1. The molecule has 2 aromatic rings. The molecule has 1 aliphatic heterocycles. The van der Waals surface area contributed by atoms with E-state index in [1.54, 1.807) is 19.5 Å². The van der Waals surface area contributed by atoms with Gasteiger partial charge in [-0.2, -0.15) is 0 Å². The fraction of sp³-hybridized carbons (Fsp3) is 0.474. The summed E-state index contributed by atoms with van der Waals surface area (Å²) >= 11 is 0. The van der Waals surface area contributed by atoms with Crippen molar-refractivity contribution in [1.82, 2.24) is 15.3 Å². The number of methoxy groups -OCH3 is 1. The first kappa shape index (κ1) is 18.4. The molecule has 2 heterocycles. The van der Waals surface area contributed by atoms with Gasteiger partial charge in [-0.1, -0.05) is 12.1 Å². The van der Waals surface area contributed by atoms with Crippen molar-refractivity contribution in [3.8, 4) is 5.75 Å². The lowest BCUT2D eigenvalue weighted by Gasteiger charge is -2.33. The van der Waals surface area contributed by atoms with E-state index in [2.05, 4.69) is 26.3 Å². The molecule has 1 saturated heterocycles. The van der Waals surface area contributed by atoms with Crippen LogP contribution >= 0.6 is 0 Å². The number of nitrogens with one attached hydrogen (secondary N) is 2. The molecule has 26 heavy (non-hydrogen) atoms. The molecule has 0 aliphatic carbocycles. The highest BCUT2D eigenvalue weighted by molar-refractivity contribution is 5.36. The Balaban J connectivity index is 1.54. The number of aromatic amines is 1. The first-order valence-electron chi connectivity index (χ1n) is 8.99. The van der Waals surface area contributed by atoms with E-state index in [9.17, 15) is 4.79 Å². The van der Waals surface area contributed by atoms with Crippen LogP contribution in [-0.4, -0.2) is 49.4 Å². The van der Waals surface area contributed by atoms with E-state index in [-0.39, 0.29) is 5.56 Å². The lowest BCUT2D eigenvalue weighted by molar-refractivity contribution is 0.146. The van der Waals surface area contributed by atoms with Crippen molar-refractivity contribution in [2.24, 2.45) is 0 Å². The summed E-state index contributed by atoms with van der Waals surface area (Å²) < 4.78 is 10.7. The summed E-state index contributed by atoms with van der Waals surface area (Å²) in [5.74, 6) is 1.36. The highest BCUT2D eigenvalue weighted by atomic mass is 16.5. The molecule has 2 N–H and O–H groups in total. The van der Waals surface area contributed by atoms with Gasteiger partial charge in [0.15, 0.2) is 5.82 Å². The van der Waals surface area contributed by atoms with E-state index in [4.69, 9.17) is 9.47 Å². The van der Waals surface area contributed by atoms with Crippen LogP contribution in [0.5, 0.6) is 5.75 Å². The molecule has 1 unspecified atom stereocenters. The molecule has 1 aromatic heterocycles. The van der Waals surface area contributed by atoms with Crippen molar-refractivity contribution in [1.29, 1.82) is 0 Å². The Morgan fingerprint density at radius 2 is 2.31 bits per heavy atom. The minimum Gasteiger partial charge on any atom is -0.491 e. The van der Waals surface area contributed by atoms with Gasteiger partial charge in [0.1, 0.15) is 12.4 Å². The fourth-order valence-corrected chi connectivity index (χ4v) is 3.16. The van der Waals surface area contributed by atoms with Crippen LogP contribution in [-0.2, 0) is 11.3 Å². The van der Waals surface area contributed by atoms with Crippen molar-refractivity contribution in [2.45, 2.75) is 25.4 Å². The molecule has 140 valence electrons. The lowest BCUT2D eigenvalue weighted by atomic mass is 10.1. The second kappa shape index (κ2) is 9.35. The van der Waals surface area contributed by atoms with Crippen LogP contribution in [0.3, 0.4) is 0 Å². The van der Waals surface area contributed by atoms with Gasteiger partial charge in [0, 0.05) is 45.2 Å². The Morgan fingerprint density at radius 3 is 3.15 bits per heavy atom. The van der Waals surface area contributed by atoms with Crippen LogP contribution in [0.25, 0.3) is 0 Å². The number of benzene rings is 1. The van der Waals surface area contributed by atoms with Crippen molar-refractivity contribution in [3.05, 3.63) is 52.6 Å². The molecule has 0 spiro atoms. The highest BCUT2D eigenvalue weighted by Gasteiger charge is 2.22. The summed E-state index contributed by atoms with van der Waals surface area (Å²) in [5, 5.41) is 3.59. The predicted molar refractivity (Wildman–Crippen MR) is 101 cm³/mol. The van der Waals surface area contributed by atoms with E-state index in [1.165, 1.54) is 5.56 Å². The van der Waals surface area contributed by atoms with Crippen LogP contribution in [0.1, 0.15) is 18.4 Å². The number of piperidine rings is 1. The number of rotatable bonds is 8. The summed E-state index contributed by atoms with van der Waals surface area (Å²) in [6, 6.07) is 8.41. The zero-order chi connectivity index (χ0) is 18.2. The van der Waals surface area contributed by atoms with E-state index >= 15 is 0 Å². The number of H-pyrrole nitrogens is 1. The minimum absolute atomic E-state index is 0.131. The maximum absolute atomic E-state index is 11.9. The Hall–Kier alpha value is -2.38. The van der Waals surface area contributed by atoms with Gasteiger partial charge >= 0.3 is 0 Å². The SMILES string of the molecule is COCCOc1cccc(CNC2CCCN(c3ncc[nH]c3=O)C2)c1. The molecular formula is C19H26N4O3. The Kier molecular flexibility index (Phi) is 6.62. The normalized spacial score (nSPS) is 17.3. The second-order valence-corrected chi connectivity index (χ2v) is 6.40. The van der Waals surface area contributed by atoms with Gasteiger partial charge in [0.05, 0.1) is 6.61 Å². The summed E-state index contributed by atoms with van der Waals surface area (Å²) in [4.78, 5) is 20.9. The first-order chi connectivity index (χ1) is 12.8. The maximum Gasteiger partial charge on any atom is 0.290 e. The molecule has 1 fully saturated rings. The average Bonchev–Trinajstić information content (AvgIpc) is 2.68. The smallest absolute Gasteiger partial charge is 0.290 e. The molecule has 1 aromatic carbocycles. The second-order valence-electron chi connectivity index (χ2n) is 6.40. The number of hydrogen-bond acceptors (Lipinski definition) is 6. The molecule has 7 nitrogen and oxygen atoms in total. The number of ether oxygens (including phenoxy) is 2. The van der Waals surface area contributed by atoms with Gasteiger partial charge in [-0.15, -0.1) is 0 Å². The molecule has 0 bridgehead atoms. The van der Waals surface area contributed by atoms with Gasteiger partial charge in [-0.05, 0) is 30.5 Å². The highest BCUT2D eigenvalue weighted by Crippen LogP contribution is 2.16. The van der Waals surface area contributed by atoms with Crippen LogP contribution in [0.2, 0.25) is 0 Å². The fourth-order valence-electron chi connectivity index (χ4n) is 3.16. The monoisotopic (exact) mass is 358 g/mol. The van der Waals surface area contributed by atoms with E-state index < -0.39 is 0 Å². The third-order valence-corrected chi connectivity index (χ3v) is 4.46. The molecule has 3 rings (SSSR count). The molecule has 0 radical (unpaired) electrons. The minimum atomic E-state index is -0.131. The molecule has 1 atom stereocenters. The molecule has 0 amide bonds. The van der Waals surface area contributed by atoms with Crippen molar-refractivity contribution < 1.29 is 9.47 Å². The zero-order valence-corrected chi connectivity index (χ0v) is 15.1. The van der Waals surface area contributed by atoms with Gasteiger partial charge in [-0.3, -0.25) is 4.79 Å². The summed E-state index contributed by atoms with van der Waals surface area (Å²) in [6.07, 6.45) is 5.31. The summed E-state index contributed by atoms with van der Waals surface area (Å²) in [5.41, 5.74) is 1.04. The van der Waals surface area contributed by atoms with Gasteiger partial charge in [-0.25, -0.2) is 4.98 Å². The topological polar surface area (TPSA) is 79.5 Å². The largest absolute Gasteiger partial charge is 0.491 e. The zero-order valence-electron chi connectivity index (χ0n) is 15.1. The third-order valence-electron chi connectivity index (χ3n) is 4.46. The molecule has 7 heteroatoms. The Labute approximate surface area is 153 Å². The van der Waals surface area contributed by atoms with Crippen molar-refractivity contribution in [3.63, 3.8) is 0 Å². The number of nitrogens with zero attached hydrogens (tertiary/aromatic N) is 2. The number of hydrogen-bond donors (Lipinski definition) is 2. The van der Waals surface area contributed by atoms with E-state index in [1.807, 2.05) is 18.2 Å². The van der Waals surface area contributed by atoms with Crippen LogP contribution in [0, 0.1) is 0 Å². The first-order valence-corrected chi connectivity index (χ1v) is 8.99.